The van der Waals surface area contributed by atoms with Gasteiger partial charge in [-0.05, 0) is 61.1 Å². The predicted molar refractivity (Wildman–Crippen MR) is 161 cm³/mol. The molecule has 1 amide bonds. The Balaban J connectivity index is 1.50. The topological polar surface area (TPSA) is 84.9 Å². The molecule has 2 aliphatic rings. The number of rotatable bonds is 6. The Morgan fingerprint density at radius 2 is 1.68 bits per heavy atom. The summed E-state index contributed by atoms with van der Waals surface area (Å²) in [6, 6.07) is 19.8. The van der Waals surface area contributed by atoms with Gasteiger partial charge in [0, 0.05) is 12.0 Å². The third-order valence-corrected chi connectivity index (χ3v) is 10.2. The summed E-state index contributed by atoms with van der Waals surface area (Å²) in [6.45, 7) is 12.2. The van der Waals surface area contributed by atoms with E-state index in [-0.39, 0.29) is 28.8 Å². The lowest BCUT2D eigenvalue weighted by Crippen LogP contribution is -2.53. The van der Waals surface area contributed by atoms with Crippen LogP contribution in [0.5, 0.6) is 11.5 Å². The average Bonchev–Trinajstić information content (AvgIpc) is 2.95. The van der Waals surface area contributed by atoms with Crippen molar-refractivity contribution in [3.63, 3.8) is 0 Å². The van der Waals surface area contributed by atoms with E-state index in [1.54, 1.807) is 30.3 Å². The molecule has 0 aliphatic carbocycles. The van der Waals surface area contributed by atoms with Crippen molar-refractivity contribution < 1.29 is 22.7 Å². The molecule has 0 spiro atoms. The van der Waals surface area contributed by atoms with Crippen LogP contribution in [0.1, 0.15) is 76.6 Å². The van der Waals surface area contributed by atoms with E-state index in [0.717, 1.165) is 35.3 Å². The van der Waals surface area contributed by atoms with E-state index in [1.807, 2.05) is 43.3 Å². The molecule has 0 fully saturated rings. The fourth-order valence-corrected chi connectivity index (χ4v) is 7.08. The Bertz CT molecular complexity index is 1540. The van der Waals surface area contributed by atoms with Crippen molar-refractivity contribution in [3.8, 4) is 11.5 Å². The molecular formula is C33H40N2O5S. The van der Waals surface area contributed by atoms with Gasteiger partial charge in [0.1, 0.15) is 17.1 Å². The largest absolute Gasteiger partial charge is 0.487 e. The second-order valence-electron chi connectivity index (χ2n) is 12.2. The Kier molecular flexibility index (Phi) is 7.57. The van der Waals surface area contributed by atoms with E-state index in [1.165, 1.54) is 4.31 Å². The number of para-hydroxylation sites is 1. The smallest absolute Gasteiger partial charge is 0.264 e. The van der Waals surface area contributed by atoms with Gasteiger partial charge in [-0.3, -0.25) is 9.10 Å². The Hall–Kier alpha value is -3.52. The number of aryl methyl sites for hydroxylation is 1. The molecule has 2 heterocycles. The molecule has 3 aromatic rings. The normalized spacial score (nSPS) is 19.8. The van der Waals surface area contributed by atoms with Gasteiger partial charge in [0.05, 0.1) is 23.2 Å². The van der Waals surface area contributed by atoms with Crippen molar-refractivity contribution in [2.75, 3.05) is 10.8 Å². The number of amides is 1. The van der Waals surface area contributed by atoms with E-state index in [4.69, 9.17) is 9.47 Å². The monoisotopic (exact) mass is 576 g/mol. The van der Waals surface area contributed by atoms with Crippen molar-refractivity contribution in [1.82, 2.24) is 5.32 Å². The molecule has 1 N–H and O–H groups in total. The third kappa shape index (κ3) is 5.54. The number of hydrogen-bond donors (Lipinski definition) is 1. The molecule has 0 saturated carbocycles. The minimum Gasteiger partial charge on any atom is -0.487 e. The number of anilines is 1. The summed E-state index contributed by atoms with van der Waals surface area (Å²) in [5.74, 6) is 0.771. The lowest BCUT2D eigenvalue weighted by Gasteiger charge is -2.42. The van der Waals surface area contributed by atoms with Crippen molar-refractivity contribution in [1.29, 1.82) is 0 Å². The van der Waals surface area contributed by atoms with Gasteiger partial charge in [-0.2, -0.15) is 0 Å². The second-order valence-corrected chi connectivity index (χ2v) is 14.0. The SMILES string of the molecule is CCC1(CC)CC(NC(=O)C2CN(S(=O)(=O)c3ccc(C)cc3)c3cc(C(C)(C)C)ccc3O2)c2ccccc2O1. The molecule has 7 nitrogen and oxygen atoms in total. The number of hydrogen-bond acceptors (Lipinski definition) is 5. The molecule has 2 aliphatic heterocycles. The molecule has 8 heteroatoms. The molecule has 0 bridgehead atoms. The van der Waals surface area contributed by atoms with Crippen LogP contribution < -0.4 is 19.1 Å². The van der Waals surface area contributed by atoms with Crippen LogP contribution in [-0.2, 0) is 20.2 Å². The lowest BCUT2D eigenvalue weighted by atomic mass is 9.83. The van der Waals surface area contributed by atoms with Crippen LogP contribution in [-0.4, -0.2) is 32.6 Å². The number of fused-ring (bicyclic) bond motifs is 2. The van der Waals surface area contributed by atoms with Crippen molar-refractivity contribution in [2.45, 2.75) is 88.9 Å². The van der Waals surface area contributed by atoms with Crippen molar-refractivity contribution in [3.05, 3.63) is 83.4 Å². The van der Waals surface area contributed by atoms with Crippen LogP contribution >= 0.6 is 0 Å². The van der Waals surface area contributed by atoms with Gasteiger partial charge >= 0.3 is 0 Å². The number of ether oxygens (including phenoxy) is 2. The quantitative estimate of drug-likeness (QED) is 0.365. The molecule has 5 rings (SSSR count). The first-order valence-electron chi connectivity index (χ1n) is 14.4. The van der Waals surface area contributed by atoms with Gasteiger partial charge in [-0.1, -0.05) is 76.6 Å². The molecule has 3 aromatic carbocycles. The summed E-state index contributed by atoms with van der Waals surface area (Å²) in [4.78, 5) is 14.0. The van der Waals surface area contributed by atoms with Crippen LogP contribution in [0, 0.1) is 6.92 Å². The van der Waals surface area contributed by atoms with Crippen LogP contribution in [0.3, 0.4) is 0 Å². The van der Waals surface area contributed by atoms with E-state index in [2.05, 4.69) is 39.9 Å². The highest BCUT2D eigenvalue weighted by Gasteiger charge is 2.42. The molecule has 2 atom stereocenters. The van der Waals surface area contributed by atoms with E-state index < -0.39 is 21.7 Å². The number of carbonyl (C=O) groups is 1. The average molecular weight is 577 g/mol. The van der Waals surface area contributed by atoms with Gasteiger partial charge < -0.3 is 14.8 Å². The van der Waals surface area contributed by atoms with E-state index in [9.17, 15) is 13.2 Å². The fourth-order valence-electron chi connectivity index (χ4n) is 5.61. The summed E-state index contributed by atoms with van der Waals surface area (Å²) in [6.07, 6.45) is 1.19. The van der Waals surface area contributed by atoms with E-state index in [0.29, 0.717) is 17.9 Å². The first-order chi connectivity index (χ1) is 19.4. The highest BCUT2D eigenvalue weighted by Crippen LogP contribution is 2.44. The second kappa shape index (κ2) is 10.7. The number of nitrogens with zero attached hydrogens (tertiary/aromatic N) is 1. The first kappa shape index (κ1) is 29.0. The molecule has 218 valence electrons. The maximum atomic E-state index is 14.0. The zero-order chi connectivity index (χ0) is 29.6. The maximum Gasteiger partial charge on any atom is 0.264 e. The minimum absolute atomic E-state index is 0.139. The summed E-state index contributed by atoms with van der Waals surface area (Å²) in [7, 11) is -3.98. The van der Waals surface area contributed by atoms with E-state index >= 15 is 0 Å². The molecule has 0 saturated heterocycles. The molecule has 0 aromatic heterocycles. The molecule has 0 radical (unpaired) electrons. The first-order valence-corrected chi connectivity index (χ1v) is 15.8. The number of nitrogens with one attached hydrogen (secondary N) is 1. The van der Waals surface area contributed by atoms with Gasteiger partial charge in [-0.15, -0.1) is 0 Å². The summed E-state index contributed by atoms with van der Waals surface area (Å²) in [5.41, 5.74) is 2.69. The minimum atomic E-state index is -3.98. The predicted octanol–water partition coefficient (Wildman–Crippen LogP) is 6.45. The standard InChI is InChI=1S/C33H40N2O5S/c1-7-33(8-2)20-26(25-11-9-10-12-28(25)40-33)34-31(36)30-21-35(41(37,38)24-16-13-22(3)14-17-24)27-19-23(32(4,5)6)15-18-29(27)39-30/h9-19,26,30H,7-8,20-21H2,1-6H3,(H,34,36). The summed E-state index contributed by atoms with van der Waals surface area (Å²) in [5, 5.41) is 3.19. The van der Waals surface area contributed by atoms with Crippen LogP contribution in [0.15, 0.2) is 71.6 Å². The maximum absolute atomic E-state index is 14.0. The number of carbonyl (C=O) groups excluding carboxylic acids is 1. The number of benzene rings is 3. The molecule has 41 heavy (non-hydrogen) atoms. The fraction of sp³-hybridized carbons (Fsp3) is 0.424. The van der Waals surface area contributed by atoms with Gasteiger partial charge in [-0.25, -0.2) is 8.42 Å². The zero-order valence-electron chi connectivity index (χ0n) is 24.7. The molecule has 2 unspecified atom stereocenters. The Morgan fingerprint density at radius 3 is 2.34 bits per heavy atom. The number of sulfonamides is 1. The van der Waals surface area contributed by atoms with Crippen LogP contribution in [0.2, 0.25) is 0 Å². The van der Waals surface area contributed by atoms with Crippen molar-refractivity contribution >= 4 is 21.6 Å². The highest BCUT2D eigenvalue weighted by molar-refractivity contribution is 7.92. The zero-order valence-corrected chi connectivity index (χ0v) is 25.5. The van der Waals surface area contributed by atoms with Crippen LogP contribution in [0.4, 0.5) is 5.69 Å². The Morgan fingerprint density at radius 1 is 1.00 bits per heavy atom. The summed E-state index contributed by atoms with van der Waals surface area (Å²) >= 11 is 0. The highest BCUT2D eigenvalue weighted by atomic mass is 32.2. The van der Waals surface area contributed by atoms with Gasteiger partial charge in [0.25, 0.3) is 15.9 Å². The lowest BCUT2D eigenvalue weighted by molar-refractivity contribution is -0.129. The Labute approximate surface area is 243 Å². The van der Waals surface area contributed by atoms with Crippen molar-refractivity contribution in [2.24, 2.45) is 0 Å². The van der Waals surface area contributed by atoms with Gasteiger partial charge in [0.15, 0.2) is 6.10 Å². The van der Waals surface area contributed by atoms with Gasteiger partial charge in [0.2, 0.25) is 0 Å². The van der Waals surface area contributed by atoms with Crippen LogP contribution in [0.25, 0.3) is 0 Å². The molecular weight excluding hydrogens is 536 g/mol. The third-order valence-electron chi connectivity index (χ3n) is 8.40. The summed E-state index contributed by atoms with van der Waals surface area (Å²) < 4.78 is 42.0.